The molecule has 2 aliphatic rings. The Bertz CT molecular complexity index is 1480. The molecule has 6 rings (SSSR count). The van der Waals surface area contributed by atoms with Crippen LogP contribution in [-0.4, -0.2) is 62.0 Å². The van der Waals surface area contributed by atoms with Gasteiger partial charge in [-0.05, 0) is 60.3 Å². The summed E-state index contributed by atoms with van der Waals surface area (Å²) in [6.07, 6.45) is 4.84. The van der Waals surface area contributed by atoms with Crippen LogP contribution in [0.2, 0.25) is 0 Å². The lowest BCUT2D eigenvalue weighted by atomic mass is 10.0. The number of benzene rings is 1. The topological polar surface area (TPSA) is 110 Å². The van der Waals surface area contributed by atoms with Crippen LogP contribution in [0.4, 0.5) is 14.7 Å². The number of fused-ring (bicyclic) bond motifs is 2. The van der Waals surface area contributed by atoms with Gasteiger partial charge in [-0.2, -0.15) is 10.1 Å². The van der Waals surface area contributed by atoms with Gasteiger partial charge in [0.1, 0.15) is 16.3 Å². The lowest BCUT2D eigenvalue weighted by Crippen LogP contribution is -2.52. The molecule has 4 atom stereocenters. The average Bonchev–Trinajstić information content (AvgIpc) is 3.50. The van der Waals surface area contributed by atoms with E-state index in [1.165, 1.54) is 6.07 Å². The van der Waals surface area contributed by atoms with Gasteiger partial charge in [-0.25, -0.2) is 18.4 Å². The molecule has 1 saturated carbocycles. The second-order valence-corrected chi connectivity index (χ2v) is 10.4. The maximum Gasteiger partial charge on any atom is 0.224 e. The van der Waals surface area contributed by atoms with E-state index < -0.39 is 18.0 Å². The molecule has 1 saturated heterocycles. The van der Waals surface area contributed by atoms with Crippen LogP contribution in [0.15, 0.2) is 41.3 Å². The summed E-state index contributed by atoms with van der Waals surface area (Å²) in [4.78, 5) is 26.0. The number of carbonyl (C=O) groups is 1. The van der Waals surface area contributed by atoms with E-state index in [0.29, 0.717) is 64.0 Å². The van der Waals surface area contributed by atoms with Gasteiger partial charge in [0.2, 0.25) is 11.9 Å². The zero-order valence-corrected chi connectivity index (χ0v) is 21.4. The van der Waals surface area contributed by atoms with E-state index in [1.54, 1.807) is 29.2 Å². The molecule has 1 aliphatic heterocycles. The molecule has 192 valence electrons. The van der Waals surface area contributed by atoms with Crippen molar-refractivity contribution in [3.05, 3.63) is 47.1 Å². The summed E-state index contributed by atoms with van der Waals surface area (Å²) in [6.45, 7) is 0.977. The van der Waals surface area contributed by atoms with Crippen LogP contribution in [0.1, 0.15) is 25.7 Å². The fraction of sp³-hybridized carbons (Fsp3) is 0.400. The first-order valence-corrected chi connectivity index (χ1v) is 13.1. The van der Waals surface area contributed by atoms with Gasteiger partial charge in [-0.3, -0.25) is 9.78 Å². The number of nitrogens with zero attached hydrogens (tertiary/aromatic N) is 5. The third-order valence-corrected chi connectivity index (χ3v) is 7.73. The molecule has 9 nitrogen and oxygen atoms in total. The van der Waals surface area contributed by atoms with Gasteiger partial charge in [0.25, 0.3) is 0 Å². The first-order chi connectivity index (χ1) is 18.0. The predicted molar refractivity (Wildman–Crippen MR) is 139 cm³/mol. The lowest BCUT2D eigenvalue weighted by molar-refractivity contribution is -0.126. The summed E-state index contributed by atoms with van der Waals surface area (Å²) in [5.74, 6) is -0.321. The van der Waals surface area contributed by atoms with Crippen molar-refractivity contribution in [2.24, 2.45) is 5.92 Å². The molecule has 3 N–H and O–H groups in total. The minimum Gasteiger partial charge on any atom is -0.351 e. The van der Waals surface area contributed by atoms with E-state index in [4.69, 9.17) is 0 Å². The SMILES string of the molecule is O=C(N[C@@H]1CCNC[C@@H]1F)[C@@H]1CC[C@@H](Nc2ncc3c(Br)nn(-c4cc(F)c5ncccc5c4)c3n2)C1. The molecular formula is C25H25BrF2N8O. The molecular weight excluding hydrogens is 546 g/mol. The summed E-state index contributed by atoms with van der Waals surface area (Å²) >= 11 is 3.45. The highest BCUT2D eigenvalue weighted by molar-refractivity contribution is 9.10. The van der Waals surface area contributed by atoms with Crippen LogP contribution in [0.5, 0.6) is 0 Å². The van der Waals surface area contributed by atoms with Crippen LogP contribution in [0, 0.1) is 11.7 Å². The largest absolute Gasteiger partial charge is 0.351 e. The van der Waals surface area contributed by atoms with E-state index in [2.05, 4.69) is 51.9 Å². The average molecular weight is 571 g/mol. The Morgan fingerprint density at radius 1 is 1.22 bits per heavy atom. The predicted octanol–water partition coefficient (Wildman–Crippen LogP) is 3.66. The number of nitrogens with one attached hydrogen (secondary N) is 3. The van der Waals surface area contributed by atoms with Crippen molar-refractivity contribution in [3.63, 3.8) is 0 Å². The number of rotatable bonds is 5. The highest BCUT2D eigenvalue weighted by atomic mass is 79.9. The Balaban J connectivity index is 1.20. The lowest BCUT2D eigenvalue weighted by Gasteiger charge is -2.28. The van der Waals surface area contributed by atoms with Gasteiger partial charge in [-0.1, -0.05) is 6.07 Å². The number of halogens is 3. The van der Waals surface area contributed by atoms with E-state index in [1.807, 2.05) is 6.07 Å². The number of piperidine rings is 1. The van der Waals surface area contributed by atoms with E-state index in [-0.39, 0.29) is 24.4 Å². The van der Waals surface area contributed by atoms with Crippen molar-refractivity contribution in [2.45, 2.75) is 43.9 Å². The van der Waals surface area contributed by atoms with Crippen molar-refractivity contribution < 1.29 is 13.6 Å². The van der Waals surface area contributed by atoms with E-state index >= 15 is 0 Å². The van der Waals surface area contributed by atoms with Crippen LogP contribution in [0.3, 0.4) is 0 Å². The van der Waals surface area contributed by atoms with Crippen molar-refractivity contribution in [1.82, 2.24) is 35.4 Å². The van der Waals surface area contributed by atoms with Crippen molar-refractivity contribution >= 4 is 49.7 Å². The van der Waals surface area contributed by atoms with Gasteiger partial charge in [0.15, 0.2) is 11.5 Å². The Hall–Kier alpha value is -3.25. The number of anilines is 1. The minimum absolute atomic E-state index is 0.00592. The second-order valence-electron chi connectivity index (χ2n) is 9.61. The first kappa shape index (κ1) is 24.1. The smallest absolute Gasteiger partial charge is 0.224 e. The summed E-state index contributed by atoms with van der Waals surface area (Å²) in [5.41, 5.74) is 1.32. The zero-order chi connectivity index (χ0) is 25.5. The maximum absolute atomic E-state index is 14.7. The van der Waals surface area contributed by atoms with Crippen LogP contribution in [-0.2, 0) is 4.79 Å². The number of amides is 1. The number of hydrogen-bond acceptors (Lipinski definition) is 7. The molecule has 3 aromatic heterocycles. The third kappa shape index (κ3) is 4.75. The Kier molecular flexibility index (Phi) is 6.45. The molecule has 4 heterocycles. The van der Waals surface area contributed by atoms with Gasteiger partial charge in [0.05, 0.1) is 17.1 Å². The van der Waals surface area contributed by atoms with Gasteiger partial charge in [0, 0.05) is 42.4 Å². The molecule has 0 spiro atoms. The van der Waals surface area contributed by atoms with E-state index in [9.17, 15) is 13.6 Å². The van der Waals surface area contributed by atoms with Crippen molar-refractivity contribution in [2.75, 3.05) is 18.4 Å². The van der Waals surface area contributed by atoms with Gasteiger partial charge >= 0.3 is 0 Å². The molecule has 37 heavy (non-hydrogen) atoms. The molecule has 1 aromatic carbocycles. The molecule has 12 heteroatoms. The Morgan fingerprint density at radius 2 is 2.11 bits per heavy atom. The van der Waals surface area contributed by atoms with Crippen molar-refractivity contribution in [3.8, 4) is 5.69 Å². The zero-order valence-electron chi connectivity index (χ0n) is 19.8. The quantitative estimate of drug-likeness (QED) is 0.336. The normalized spacial score (nSPS) is 24.0. The third-order valence-electron chi connectivity index (χ3n) is 7.14. The minimum atomic E-state index is -1.07. The highest BCUT2D eigenvalue weighted by Crippen LogP contribution is 2.30. The van der Waals surface area contributed by atoms with E-state index in [0.717, 1.165) is 6.42 Å². The summed E-state index contributed by atoms with van der Waals surface area (Å²) in [5, 5.41) is 15.1. The van der Waals surface area contributed by atoms with Gasteiger partial charge < -0.3 is 16.0 Å². The van der Waals surface area contributed by atoms with Gasteiger partial charge in [-0.15, -0.1) is 0 Å². The fourth-order valence-electron chi connectivity index (χ4n) is 5.19. The fourth-order valence-corrected chi connectivity index (χ4v) is 5.63. The maximum atomic E-state index is 14.7. The number of aromatic nitrogens is 5. The Labute approximate surface area is 219 Å². The van der Waals surface area contributed by atoms with Crippen LogP contribution >= 0.6 is 15.9 Å². The first-order valence-electron chi connectivity index (χ1n) is 12.3. The summed E-state index contributed by atoms with van der Waals surface area (Å²) in [6, 6.07) is 6.32. The molecule has 0 bridgehead atoms. The number of hydrogen-bond donors (Lipinski definition) is 3. The number of carbonyl (C=O) groups excluding carboxylic acids is 1. The molecule has 2 fully saturated rings. The van der Waals surface area contributed by atoms with Crippen LogP contribution < -0.4 is 16.0 Å². The molecule has 0 unspecified atom stereocenters. The standard InChI is InChI=1S/C25H25BrF2N8O/c26-22-17-11-31-25(32-15-4-3-14(8-15)24(37)33-20-5-7-29-12-19(20)28)34-23(17)36(35-22)16-9-13-2-1-6-30-21(13)18(27)10-16/h1-2,6,9-11,14-15,19-20,29H,3-5,7-8,12H2,(H,33,37)(H,31,32,34)/t14-,15-,19+,20-/m1/s1. The summed E-state index contributed by atoms with van der Waals surface area (Å²) < 4.78 is 31.0. The summed E-state index contributed by atoms with van der Waals surface area (Å²) in [7, 11) is 0. The highest BCUT2D eigenvalue weighted by Gasteiger charge is 2.33. The monoisotopic (exact) mass is 570 g/mol. The van der Waals surface area contributed by atoms with Crippen LogP contribution in [0.25, 0.3) is 27.6 Å². The Morgan fingerprint density at radius 3 is 2.97 bits per heavy atom. The number of alkyl halides is 1. The second kappa shape index (κ2) is 9.90. The molecule has 4 aromatic rings. The van der Waals surface area contributed by atoms with Crippen molar-refractivity contribution in [1.29, 1.82) is 0 Å². The number of pyridine rings is 1. The molecule has 1 aliphatic carbocycles. The molecule has 1 amide bonds. The molecule has 0 radical (unpaired) electrons.